The topological polar surface area (TPSA) is 79.9 Å². The van der Waals surface area contributed by atoms with Crippen LogP contribution in [0.25, 0.3) is 0 Å². The van der Waals surface area contributed by atoms with Crippen LogP contribution in [0.1, 0.15) is 11.1 Å². The number of anilines is 1. The van der Waals surface area contributed by atoms with Crippen LogP contribution >= 0.6 is 0 Å². The molecule has 6 nitrogen and oxygen atoms in total. The Morgan fingerprint density at radius 1 is 1.52 bits per heavy atom. The van der Waals surface area contributed by atoms with Crippen LogP contribution in [-0.4, -0.2) is 22.3 Å². The van der Waals surface area contributed by atoms with Crippen LogP contribution < -0.4 is 10.1 Å². The SMILES string of the molecule is Cn1cc(C#N)c(NC(=O)C2COc3ccccc3C2)n1. The maximum absolute atomic E-state index is 12.3. The van der Waals surface area contributed by atoms with E-state index in [9.17, 15) is 4.79 Å². The van der Waals surface area contributed by atoms with E-state index in [1.165, 1.54) is 4.68 Å². The molecule has 1 N–H and O–H groups in total. The van der Waals surface area contributed by atoms with Crippen LogP contribution in [-0.2, 0) is 18.3 Å². The first-order chi connectivity index (χ1) is 10.2. The second kappa shape index (κ2) is 5.29. The number of fused-ring (bicyclic) bond motifs is 1. The zero-order valence-corrected chi connectivity index (χ0v) is 11.5. The van der Waals surface area contributed by atoms with Crippen LogP contribution in [0.4, 0.5) is 5.82 Å². The van der Waals surface area contributed by atoms with Gasteiger partial charge in [-0.25, -0.2) is 0 Å². The number of nitriles is 1. The summed E-state index contributed by atoms with van der Waals surface area (Å²) in [6.45, 7) is 0.331. The summed E-state index contributed by atoms with van der Waals surface area (Å²) in [5.41, 5.74) is 1.37. The Morgan fingerprint density at radius 3 is 3.14 bits per heavy atom. The maximum atomic E-state index is 12.3. The van der Waals surface area contributed by atoms with Crippen molar-refractivity contribution in [3.8, 4) is 11.8 Å². The summed E-state index contributed by atoms with van der Waals surface area (Å²) in [7, 11) is 1.70. The molecule has 1 unspecified atom stereocenters. The van der Waals surface area contributed by atoms with Gasteiger partial charge >= 0.3 is 0 Å². The Kier molecular flexibility index (Phi) is 3.32. The molecule has 0 radical (unpaired) electrons. The highest BCUT2D eigenvalue weighted by Gasteiger charge is 2.26. The molecule has 0 aliphatic carbocycles. The second-order valence-electron chi connectivity index (χ2n) is 4.99. The van der Waals surface area contributed by atoms with E-state index in [1.807, 2.05) is 30.3 Å². The summed E-state index contributed by atoms with van der Waals surface area (Å²) in [4.78, 5) is 12.3. The average molecular weight is 282 g/mol. The van der Waals surface area contributed by atoms with Crippen molar-refractivity contribution in [2.75, 3.05) is 11.9 Å². The van der Waals surface area contributed by atoms with Gasteiger partial charge in [-0.15, -0.1) is 0 Å². The number of aromatic nitrogens is 2. The van der Waals surface area contributed by atoms with Crippen LogP contribution in [0.2, 0.25) is 0 Å². The lowest BCUT2D eigenvalue weighted by atomic mass is 9.96. The molecule has 6 heteroatoms. The van der Waals surface area contributed by atoms with Gasteiger partial charge in [-0.3, -0.25) is 9.48 Å². The standard InChI is InChI=1S/C15H14N4O2/c1-19-8-12(7-16)14(18-19)17-15(20)11-6-10-4-2-3-5-13(10)21-9-11/h2-5,8,11H,6,9H2,1H3,(H,17,18,20). The van der Waals surface area contributed by atoms with E-state index >= 15 is 0 Å². The first-order valence-corrected chi connectivity index (χ1v) is 6.62. The summed E-state index contributed by atoms with van der Waals surface area (Å²) in [5.74, 6) is 0.661. The molecule has 1 aromatic carbocycles. The molecule has 0 saturated heterocycles. The lowest BCUT2D eigenvalue weighted by Gasteiger charge is -2.24. The number of aryl methyl sites for hydroxylation is 1. The van der Waals surface area contributed by atoms with Crippen molar-refractivity contribution < 1.29 is 9.53 Å². The predicted octanol–water partition coefficient (Wildman–Crippen LogP) is 1.48. The largest absolute Gasteiger partial charge is 0.492 e. The molecule has 0 bridgehead atoms. The number of amides is 1. The van der Waals surface area contributed by atoms with Crippen LogP contribution in [0.3, 0.4) is 0 Å². The zero-order chi connectivity index (χ0) is 14.8. The number of carbonyl (C=O) groups is 1. The van der Waals surface area contributed by atoms with Gasteiger partial charge in [-0.2, -0.15) is 10.4 Å². The summed E-state index contributed by atoms with van der Waals surface area (Å²) in [6.07, 6.45) is 2.19. The van der Waals surface area contributed by atoms with Crippen LogP contribution in [0.5, 0.6) is 5.75 Å². The summed E-state index contributed by atoms with van der Waals surface area (Å²) >= 11 is 0. The molecule has 1 atom stereocenters. The Balaban J connectivity index is 1.74. The molecule has 1 aromatic heterocycles. The fourth-order valence-corrected chi connectivity index (χ4v) is 2.38. The lowest BCUT2D eigenvalue weighted by molar-refractivity contribution is -0.121. The van der Waals surface area contributed by atoms with E-state index < -0.39 is 0 Å². The quantitative estimate of drug-likeness (QED) is 0.904. The third-order valence-corrected chi connectivity index (χ3v) is 3.44. The van der Waals surface area contributed by atoms with Gasteiger partial charge in [0.2, 0.25) is 5.91 Å². The lowest BCUT2D eigenvalue weighted by Crippen LogP contribution is -2.32. The molecule has 2 aromatic rings. The number of benzene rings is 1. The first-order valence-electron chi connectivity index (χ1n) is 6.62. The number of para-hydroxylation sites is 1. The Bertz CT molecular complexity index is 730. The highest BCUT2D eigenvalue weighted by atomic mass is 16.5. The van der Waals surface area contributed by atoms with E-state index in [4.69, 9.17) is 10.00 Å². The summed E-state index contributed by atoms with van der Waals surface area (Å²) in [6, 6.07) is 9.70. The molecule has 21 heavy (non-hydrogen) atoms. The highest BCUT2D eigenvalue weighted by Crippen LogP contribution is 2.27. The molecule has 1 aliphatic heterocycles. The van der Waals surface area contributed by atoms with Crippen molar-refractivity contribution in [2.45, 2.75) is 6.42 Å². The highest BCUT2D eigenvalue weighted by molar-refractivity contribution is 5.93. The molecule has 2 heterocycles. The molecule has 3 rings (SSSR count). The minimum atomic E-state index is -0.284. The van der Waals surface area contributed by atoms with Crippen molar-refractivity contribution in [3.63, 3.8) is 0 Å². The van der Waals surface area contributed by atoms with Gasteiger partial charge in [0, 0.05) is 13.2 Å². The predicted molar refractivity (Wildman–Crippen MR) is 75.7 cm³/mol. The second-order valence-corrected chi connectivity index (χ2v) is 4.99. The van der Waals surface area contributed by atoms with Gasteiger partial charge in [0.15, 0.2) is 5.82 Å². The summed E-state index contributed by atoms with van der Waals surface area (Å²) < 4.78 is 7.11. The van der Waals surface area contributed by atoms with Gasteiger partial charge < -0.3 is 10.1 Å². The van der Waals surface area contributed by atoms with Crippen molar-refractivity contribution in [2.24, 2.45) is 13.0 Å². The van der Waals surface area contributed by atoms with E-state index in [1.54, 1.807) is 13.2 Å². The zero-order valence-electron chi connectivity index (χ0n) is 11.5. The molecule has 106 valence electrons. The fourth-order valence-electron chi connectivity index (χ4n) is 2.38. The third kappa shape index (κ3) is 2.58. The molecular formula is C15H14N4O2. The molecular weight excluding hydrogens is 268 g/mol. The van der Waals surface area contributed by atoms with E-state index in [-0.39, 0.29) is 11.8 Å². The van der Waals surface area contributed by atoms with Crippen LogP contribution in [0.15, 0.2) is 30.5 Å². The number of nitrogens with zero attached hydrogens (tertiary/aromatic N) is 3. The van der Waals surface area contributed by atoms with Gasteiger partial charge in [0.25, 0.3) is 0 Å². The molecule has 1 aliphatic rings. The van der Waals surface area contributed by atoms with E-state index in [0.29, 0.717) is 24.4 Å². The third-order valence-electron chi connectivity index (χ3n) is 3.44. The van der Waals surface area contributed by atoms with Gasteiger partial charge in [-0.05, 0) is 18.1 Å². The Hall–Kier alpha value is -2.81. The minimum Gasteiger partial charge on any atom is -0.492 e. The average Bonchev–Trinajstić information content (AvgIpc) is 2.86. The van der Waals surface area contributed by atoms with Gasteiger partial charge in [0.1, 0.15) is 24.0 Å². The Morgan fingerprint density at radius 2 is 2.33 bits per heavy atom. The maximum Gasteiger partial charge on any atom is 0.232 e. The monoisotopic (exact) mass is 282 g/mol. The van der Waals surface area contributed by atoms with Crippen molar-refractivity contribution >= 4 is 11.7 Å². The molecule has 0 saturated carbocycles. The number of carbonyl (C=O) groups excluding carboxylic acids is 1. The number of hydrogen-bond acceptors (Lipinski definition) is 4. The van der Waals surface area contributed by atoms with Gasteiger partial charge in [-0.1, -0.05) is 18.2 Å². The number of hydrogen-bond donors (Lipinski definition) is 1. The number of ether oxygens (including phenoxy) is 1. The van der Waals surface area contributed by atoms with Crippen molar-refractivity contribution in [1.82, 2.24) is 9.78 Å². The number of nitrogens with one attached hydrogen (secondary N) is 1. The fraction of sp³-hybridized carbons (Fsp3) is 0.267. The van der Waals surface area contributed by atoms with E-state index in [0.717, 1.165) is 11.3 Å². The normalized spacial score (nSPS) is 16.5. The first kappa shape index (κ1) is 13.2. The van der Waals surface area contributed by atoms with Crippen molar-refractivity contribution in [3.05, 3.63) is 41.6 Å². The smallest absolute Gasteiger partial charge is 0.232 e. The number of rotatable bonds is 2. The van der Waals surface area contributed by atoms with Crippen LogP contribution in [0, 0.1) is 17.2 Å². The molecule has 1 amide bonds. The molecule has 0 fully saturated rings. The Labute approximate surface area is 121 Å². The minimum absolute atomic E-state index is 0.181. The van der Waals surface area contributed by atoms with Crippen molar-refractivity contribution in [1.29, 1.82) is 5.26 Å². The summed E-state index contributed by atoms with van der Waals surface area (Å²) in [5, 5.41) is 15.8. The molecule has 0 spiro atoms. The van der Waals surface area contributed by atoms with Gasteiger partial charge in [0.05, 0.1) is 5.92 Å². The van der Waals surface area contributed by atoms with E-state index in [2.05, 4.69) is 10.4 Å².